The van der Waals surface area contributed by atoms with Gasteiger partial charge in [0.15, 0.2) is 0 Å². The van der Waals surface area contributed by atoms with E-state index in [1.165, 1.54) is 23.3 Å². The third-order valence-corrected chi connectivity index (χ3v) is 5.95. The molecule has 2 heterocycles. The van der Waals surface area contributed by atoms with E-state index in [2.05, 4.69) is 51.5 Å². The van der Waals surface area contributed by atoms with E-state index in [1.54, 1.807) is 12.1 Å². The van der Waals surface area contributed by atoms with E-state index in [9.17, 15) is 9.18 Å². The quantitative estimate of drug-likeness (QED) is 0.537. The number of amides is 1. The average Bonchev–Trinajstić information content (AvgIpc) is 3.27. The highest BCUT2D eigenvalue weighted by Gasteiger charge is 2.25. The molecule has 1 aromatic heterocycles. The van der Waals surface area contributed by atoms with E-state index in [0.717, 1.165) is 44.3 Å². The van der Waals surface area contributed by atoms with Gasteiger partial charge >= 0.3 is 0 Å². The van der Waals surface area contributed by atoms with Gasteiger partial charge in [-0.2, -0.15) is 4.98 Å². The smallest absolute Gasteiger partial charge is 0.241 e. The molecule has 0 spiro atoms. The largest absolute Gasteiger partial charge is 0.356 e. The lowest BCUT2D eigenvalue weighted by molar-refractivity contribution is -0.126. The molecule has 1 aliphatic heterocycles. The highest BCUT2D eigenvalue weighted by Crippen LogP contribution is 2.21. The van der Waals surface area contributed by atoms with Gasteiger partial charge in [0.25, 0.3) is 0 Å². The molecule has 0 bridgehead atoms. The highest BCUT2D eigenvalue weighted by molar-refractivity contribution is 5.78. The minimum Gasteiger partial charge on any atom is -0.356 e. The van der Waals surface area contributed by atoms with Crippen LogP contribution in [-0.4, -0.2) is 40.6 Å². The molecule has 0 radical (unpaired) electrons. The molecule has 4 rings (SSSR count). The number of piperidine rings is 1. The molecule has 1 N–H and O–H groups in total. The summed E-state index contributed by atoms with van der Waals surface area (Å²) in [6, 6.07) is 14.6. The van der Waals surface area contributed by atoms with Crippen LogP contribution in [0.5, 0.6) is 0 Å². The van der Waals surface area contributed by atoms with Gasteiger partial charge in [-0.15, -0.1) is 0 Å². The third kappa shape index (κ3) is 6.01. The Balaban J connectivity index is 1.17. The van der Waals surface area contributed by atoms with Crippen molar-refractivity contribution < 1.29 is 13.7 Å². The van der Waals surface area contributed by atoms with Gasteiger partial charge in [0.2, 0.25) is 17.6 Å². The van der Waals surface area contributed by atoms with Crippen molar-refractivity contribution in [2.24, 2.45) is 5.92 Å². The molecule has 168 valence electrons. The van der Waals surface area contributed by atoms with Gasteiger partial charge in [-0.25, -0.2) is 4.39 Å². The summed E-state index contributed by atoms with van der Waals surface area (Å²) in [4.78, 5) is 19.1. The number of carbonyl (C=O) groups excluding carboxylic acids is 1. The lowest BCUT2D eigenvalue weighted by Gasteiger charge is -2.30. The minimum atomic E-state index is -0.296. The van der Waals surface area contributed by atoms with Gasteiger partial charge in [-0.1, -0.05) is 35.0 Å². The molecule has 7 heteroatoms. The van der Waals surface area contributed by atoms with Crippen molar-refractivity contribution in [1.82, 2.24) is 20.4 Å². The second-order valence-corrected chi connectivity index (χ2v) is 8.45. The number of hydrogen-bond donors (Lipinski definition) is 1. The summed E-state index contributed by atoms with van der Waals surface area (Å²) in [5, 5.41) is 7.09. The van der Waals surface area contributed by atoms with Crippen LogP contribution < -0.4 is 5.32 Å². The fourth-order valence-corrected chi connectivity index (χ4v) is 3.98. The maximum Gasteiger partial charge on any atom is 0.241 e. The fraction of sp³-hybridized carbons (Fsp3) is 0.400. The lowest BCUT2D eigenvalue weighted by atomic mass is 9.96. The van der Waals surface area contributed by atoms with Crippen molar-refractivity contribution in [2.45, 2.75) is 39.2 Å². The van der Waals surface area contributed by atoms with Gasteiger partial charge in [-0.3, -0.25) is 9.69 Å². The van der Waals surface area contributed by atoms with E-state index >= 15 is 0 Å². The normalized spacial score (nSPS) is 15.1. The van der Waals surface area contributed by atoms with E-state index < -0.39 is 0 Å². The molecule has 0 unspecified atom stereocenters. The van der Waals surface area contributed by atoms with Crippen LogP contribution >= 0.6 is 0 Å². The second kappa shape index (κ2) is 10.5. The number of rotatable bonds is 8. The monoisotopic (exact) mass is 436 g/mol. The van der Waals surface area contributed by atoms with Crippen molar-refractivity contribution in [3.63, 3.8) is 0 Å². The zero-order chi connectivity index (χ0) is 22.3. The summed E-state index contributed by atoms with van der Waals surface area (Å²) in [5.74, 6) is 0.909. The van der Waals surface area contributed by atoms with Gasteiger partial charge in [0.05, 0.1) is 6.54 Å². The van der Waals surface area contributed by atoms with Crippen molar-refractivity contribution >= 4 is 5.91 Å². The summed E-state index contributed by atoms with van der Waals surface area (Å²) in [6.07, 6.45) is 3.57. The van der Waals surface area contributed by atoms with E-state index in [0.29, 0.717) is 24.8 Å². The van der Waals surface area contributed by atoms with E-state index in [1.807, 2.05) is 0 Å². The molecule has 3 aromatic rings. The molecule has 32 heavy (non-hydrogen) atoms. The molecule has 0 aliphatic carbocycles. The first-order chi connectivity index (χ1) is 15.6. The van der Waals surface area contributed by atoms with Crippen molar-refractivity contribution in [1.29, 1.82) is 0 Å². The molecular formula is C25H29FN4O2. The second-order valence-electron chi connectivity index (χ2n) is 8.45. The van der Waals surface area contributed by atoms with Crippen LogP contribution in [0.2, 0.25) is 0 Å². The predicted octanol–water partition coefficient (Wildman–Crippen LogP) is 4.15. The van der Waals surface area contributed by atoms with Gasteiger partial charge in [-0.05, 0) is 75.5 Å². The van der Waals surface area contributed by atoms with E-state index in [-0.39, 0.29) is 17.6 Å². The molecule has 1 fully saturated rings. The standard InChI is InChI=1S/C25H29FN4O2/c1-18-4-6-19(7-5-18)3-2-14-27-25(31)21-12-15-30(16-13-21)17-23-28-24(29-32-23)20-8-10-22(26)11-9-20/h4-11,21H,2-3,12-17H2,1H3,(H,27,31). The molecule has 6 nitrogen and oxygen atoms in total. The maximum absolute atomic E-state index is 13.1. The van der Waals surface area contributed by atoms with Gasteiger partial charge in [0, 0.05) is 18.0 Å². The number of carbonyl (C=O) groups is 1. The molecular weight excluding hydrogens is 407 g/mol. The summed E-state index contributed by atoms with van der Waals surface area (Å²) >= 11 is 0. The summed E-state index contributed by atoms with van der Waals surface area (Å²) in [7, 11) is 0. The Morgan fingerprint density at radius 3 is 2.56 bits per heavy atom. The Bertz CT molecular complexity index is 1010. The number of halogens is 1. The Kier molecular flexibility index (Phi) is 7.27. The fourth-order valence-electron chi connectivity index (χ4n) is 3.98. The molecule has 1 amide bonds. The Labute approximate surface area is 187 Å². The average molecular weight is 437 g/mol. The Morgan fingerprint density at radius 1 is 1.12 bits per heavy atom. The SMILES string of the molecule is Cc1ccc(CCCNC(=O)C2CCN(Cc3nc(-c4ccc(F)cc4)no3)CC2)cc1. The first-order valence-electron chi connectivity index (χ1n) is 11.2. The molecule has 0 saturated carbocycles. The highest BCUT2D eigenvalue weighted by atomic mass is 19.1. The summed E-state index contributed by atoms with van der Waals surface area (Å²) in [6.45, 7) is 4.98. The zero-order valence-electron chi connectivity index (χ0n) is 18.4. The van der Waals surface area contributed by atoms with Crippen LogP contribution in [0.15, 0.2) is 53.1 Å². The number of aryl methyl sites for hydroxylation is 2. The van der Waals surface area contributed by atoms with E-state index in [4.69, 9.17) is 4.52 Å². The number of hydrogen-bond acceptors (Lipinski definition) is 5. The molecule has 1 saturated heterocycles. The number of aromatic nitrogens is 2. The lowest BCUT2D eigenvalue weighted by Crippen LogP contribution is -2.40. The topological polar surface area (TPSA) is 71.3 Å². The zero-order valence-corrected chi connectivity index (χ0v) is 18.4. The third-order valence-electron chi connectivity index (χ3n) is 5.95. The van der Waals surface area contributed by atoms with Crippen LogP contribution in [0.4, 0.5) is 4.39 Å². The van der Waals surface area contributed by atoms with Crippen LogP contribution in [0.3, 0.4) is 0 Å². The predicted molar refractivity (Wildman–Crippen MR) is 120 cm³/mol. The number of likely N-dealkylation sites (tertiary alicyclic amines) is 1. The Morgan fingerprint density at radius 2 is 1.84 bits per heavy atom. The maximum atomic E-state index is 13.1. The molecule has 2 aromatic carbocycles. The molecule has 1 aliphatic rings. The van der Waals surface area contributed by atoms with Gasteiger partial charge in [0.1, 0.15) is 5.82 Å². The van der Waals surface area contributed by atoms with Gasteiger partial charge < -0.3 is 9.84 Å². The number of nitrogens with zero attached hydrogens (tertiary/aromatic N) is 3. The van der Waals surface area contributed by atoms with Crippen LogP contribution in [0.25, 0.3) is 11.4 Å². The number of benzene rings is 2. The van der Waals surface area contributed by atoms with Crippen LogP contribution in [-0.2, 0) is 17.8 Å². The van der Waals surface area contributed by atoms with Crippen molar-refractivity contribution in [2.75, 3.05) is 19.6 Å². The Hall–Kier alpha value is -3.06. The summed E-state index contributed by atoms with van der Waals surface area (Å²) in [5.41, 5.74) is 3.29. The number of nitrogens with one attached hydrogen (secondary N) is 1. The van der Waals surface area contributed by atoms with Crippen molar-refractivity contribution in [3.8, 4) is 11.4 Å². The van der Waals surface area contributed by atoms with Crippen LogP contribution in [0.1, 0.15) is 36.3 Å². The molecule has 0 atom stereocenters. The first kappa shape index (κ1) is 22.1. The summed E-state index contributed by atoms with van der Waals surface area (Å²) < 4.78 is 18.4. The minimum absolute atomic E-state index is 0.0584. The van der Waals surface area contributed by atoms with Crippen molar-refractivity contribution in [3.05, 3.63) is 71.4 Å². The van der Waals surface area contributed by atoms with Crippen LogP contribution in [0, 0.1) is 18.7 Å². The first-order valence-corrected chi connectivity index (χ1v) is 11.2.